The lowest BCUT2D eigenvalue weighted by molar-refractivity contribution is 0.486. The SMILES string of the molecule is C[C@H](N[C@H](C)c1ccccc1)c1cccc(-c2ccccc2)n1. The standard InChI is InChI=1S/C21H22N2/c1-16(18-10-5-3-6-11-18)22-17(2)20-14-9-15-21(23-20)19-12-7-4-8-13-19/h3-17,22H,1-2H3/t16-,17+/m1/s1. The van der Waals surface area contributed by atoms with Crippen molar-refractivity contribution < 1.29 is 0 Å². The highest BCUT2D eigenvalue weighted by Crippen LogP contribution is 2.21. The van der Waals surface area contributed by atoms with Crippen LogP contribution >= 0.6 is 0 Å². The number of benzene rings is 2. The fourth-order valence-corrected chi connectivity index (χ4v) is 2.76. The van der Waals surface area contributed by atoms with Crippen LogP contribution in [-0.4, -0.2) is 4.98 Å². The minimum absolute atomic E-state index is 0.189. The van der Waals surface area contributed by atoms with Crippen molar-refractivity contribution in [3.8, 4) is 11.3 Å². The molecule has 0 saturated carbocycles. The fraction of sp³-hybridized carbons (Fsp3) is 0.190. The van der Waals surface area contributed by atoms with Gasteiger partial charge in [0.05, 0.1) is 11.4 Å². The van der Waals surface area contributed by atoms with Gasteiger partial charge in [0, 0.05) is 17.6 Å². The zero-order valence-electron chi connectivity index (χ0n) is 13.6. The summed E-state index contributed by atoms with van der Waals surface area (Å²) in [6, 6.07) is 27.5. The van der Waals surface area contributed by atoms with Gasteiger partial charge in [-0.2, -0.15) is 0 Å². The van der Waals surface area contributed by atoms with Crippen LogP contribution in [0.1, 0.15) is 37.2 Å². The van der Waals surface area contributed by atoms with Gasteiger partial charge in [0.15, 0.2) is 0 Å². The number of hydrogen-bond acceptors (Lipinski definition) is 2. The zero-order valence-corrected chi connectivity index (χ0v) is 13.6. The molecule has 0 unspecified atom stereocenters. The normalized spacial score (nSPS) is 13.5. The molecule has 2 heteroatoms. The highest BCUT2D eigenvalue weighted by molar-refractivity contribution is 5.58. The van der Waals surface area contributed by atoms with Crippen molar-refractivity contribution in [2.24, 2.45) is 0 Å². The molecule has 0 fully saturated rings. The molecular formula is C21H22N2. The highest BCUT2D eigenvalue weighted by Gasteiger charge is 2.12. The largest absolute Gasteiger partial charge is 0.302 e. The second-order valence-electron chi connectivity index (χ2n) is 5.83. The maximum absolute atomic E-state index is 4.83. The molecular weight excluding hydrogens is 280 g/mol. The predicted molar refractivity (Wildman–Crippen MR) is 96.1 cm³/mol. The van der Waals surface area contributed by atoms with E-state index in [1.165, 1.54) is 5.56 Å². The minimum atomic E-state index is 0.189. The predicted octanol–water partition coefficient (Wildman–Crippen LogP) is 5.16. The first-order valence-electron chi connectivity index (χ1n) is 8.07. The number of pyridine rings is 1. The summed E-state index contributed by atoms with van der Waals surface area (Å²) in [6.07, 6.45) is 0. The third kappa shape index (κ3) is 3.85. The molecule has 3 aromatic rings. The van der Waals surface area contributed by atoms with Crippen LogP contribution in [0.3, 0.4) is 0 Å². The molecule has 0 saturated heterocycles. The van der Waals surface area contributed by atoms with Crippen molar-refractivity contribution in [1.29, 1.82) is 0 Å². The molecule has 23 heavy (non-hydrogen) atoms. The number of aromatic nitrogens is 1. The van der Waals surface area contributed by atoms with Gasteiger partial charge in [-0.3, -0.25) is 4.98 Å². The molecule has 0 bridgehead atoms. The molecule has 0 aliphatic heterocycles. The molecule has 2 aromatic carbocycles. The maximum Gasteiger partial charge on any atom is 0.0706 e. The van der Waals surface area contributed by atoms with Gasteiger partial charge in [0.1, 0.15) is 0 Å². The van der Waals surface area contributed by atoms with Gasteiger partial charge in [-0.25, -0.2) is 0 Å². The summed E-state index contributed by atoms with van der Waals surface area (Å²) in [4.78, 5) is 4.83. The van der Waals surface area contributed by atoms with Gasteiger partial charge in [-0.15, -0.1) is 0 Å². The van der Waals surface area contributed by atoms with E-state index < -0.39 is 0 Å². The second-order valence-corrected chi connectivity index (χ2v) is 5.83. The molecule has 0 aliphatic rings. The molecule has 2 nitrogen and oxygen atoms in total. The van der Waals surface area contributed by atoms with Crippen LogP contribution in [0, 0.1) is 0 Å². The van der Waals surface area contributed by atoms with E-state index >= 15 is 0 Å². The Bertz CT molecular complexity index is 738. The van der Waals surface area contributed by atoms with Gasteiger partial charge in [-0.1, -0.05) is 66.7 Å². The minimum Gasteiger partial charge on any atom is -0.302 e. The Morgan fingerprint density at radius 1 is 0.696 bits per heavy atom. The summed E-state index contributed by atoms with van der Waals surface area (Å²) < 4.78 is 0. The van der Waals surface area contributed by atoms with Gasteiger partial charge in [0.25, 0.3) is 0 Å². The smallest absolute Gasteiger partial charge is 0.0706 e. The first-order valence-corrected chi connectivity index (χ1v) is 8.07. The Balaban J connectivity index is 1.76. The Hall–Kier alpha value is -2.45. The van der Waals surface area contributed by atoms with Crippen molar-refractivity contribution in [1.82, 2.24) is 10.3 Å². The molecule has 1 heterocycles. The third-order valence-electron chi connectivity index (χ3n) is 4.08. The van der Waals surface area contributed by atoms with Crippen LogP contribution in [0.4, 0.5) is 0 Å². The van der Waals surface area contributed by atoms with Crippen LogP contribution < -0.4 is 5.32 Å². The molecule has 0 amide bonds. The van der Waals surface area contributed by atoms with E-state index in [0.717, 1.165) is 17.0 Å². The summed E-state index contributed by atoms with van der Waals surface area (Å²) >= 11 is 0. The first-order chi connectivity index (χ1) is 11.2. The third-order valence-corrected chi connectivity index (χ3v) is 4.08. The summed E-state index contributed by atoms with van der Waals surface area (Å²) in [6.45, 7) is 4.35. The maximum atomic E-state index is 4.83. The van der Waals surface area contributed by atoms with Gasteiger partial charge in [-0.05, 0) is 31.5 Å². The van der Waals surface area contributed by atoms with E-state index in [4.69, 9.17) is 4.98 Å². The quantitative estimate of drug-likeness (QED) is 0.704. The molecule has 1 N–H and O–H groups in total. The van der Waals surface area contributed by atoms with Gasteiger partial charge < -0.3 is 5.32 Å². The van der Waals surface area contributed by atoms with Crippen molar-refractivity contribution in [2.45, 2.75) is 25.9 Å². The fourth-order valence-electron chi connectivity index (χ4n) is 2.76. The lowest BCUT2D eigenvalue weighted by atomic mass is 10.1. The van der Waals surface area contributed by atoms with Crippen LogP contribution in [0.25, 0.3) is 11.3 Å². The zero-order chi connectivity index (χ0) is 16.1. The highest BCUT2D eigenvalue weighted by atomic mass is 15.0. The van der Waals surface area contributed by atoms with Crippen LogP contribution in [0.2, 0.25) is 0 Å². The van der Waals surface area contributed by atoms with Crippen molar-refractivity contribution in [2.75, 3.05) is 0 Å². The van der Waals surface area contributed by atoms with E-state index in [9.17, 15) is 0 Å². The average Bonchev–Trinajstić information content (AvgIpc) is 2.63. The van der Waals surface area contributed by atoms with Crippen LogP contribution in [-0.2, 0) is 0 Å². The van der Waals surface area contributed by atoms with E-state index in [2.05, 4.69) is 73.8 Å². The Morgan fingerprint density at radius 3 is 2.04 bits per heavy atom. The molecule has 3 rings (SSSR count). The molecule has 116 valence electrons. The second kappa shape index (κ2) is 7.21. The Labute approximate surface area is 138 Å². The van der Waals surface area contributed by atoms with Crippen molar-refractivity contribution in [3.63, 3.8) is 0 Å². The van der Waals surface area contributed by atoms with Gasteiger partial charge in [0.2, 0.25) is 0 Å². The number of nitrogens with one attached hydrogen (secondary N) is 1. The molecule has 0 radical (unpaired) electrons. The number of hydrogen-bond donors (Lipinski definition) is 1. The Kier molecular flexibility index (Phi) is 4.84. The van der Waals surface area contributed by atoms with Crippen LogP contribution in [0.5, 0.6) is 0 Å². The molecule has 0 aliphatic carbocycles. The van der Waals surface area contributed by atoms with E-state index in [0.29, 0.717) is 0 Å². The van der Waals surface area contributed by atoms with Crippen molar-refractivity contribution in [3.05, 3.63) is 90.1 Å². The lowest BCUT2D eigenvalue weighted by Crippen LogP contribution is -2.23. The molecule has 2 atom stereocenters. The summed E-state index contributed by atoms with van der Waals surface area (Å²) in [5.74, 6) is 0. The summed E-state index contributed by atoms with van der Waals surface area (Å²) in [5, 5.41) is 3.63. The average molecular weight is 302 g/mol. The van der Waals surface area contributed by atoms with E-state index in [1.807, 2.05) is 24.3 Å². The van der Waals surface area contributed by atoms with Gasteiger partial charge >= 0.3 is 0 Å². The summed E-state index contributed by atoms with van der Waals surface area (Å²) in [5.41, 5.74) is 4.52. The first kappa shape index (κ1) is 15.4. The topological polar surface area (TPSA) is 24.9 Å². The number of rotatable bonds is 5. The Morgan fingerprint density at radius 2 is 1.35 bits per heavy atom. The summed E-state index contributed by atoms with van der Waals surface area (Å²) in [7, 11) is 0. The monoisotopic (exact) mass is 302 g/mol. The van der Waals surface area contributed by atoms with Crippen LogP contribution in [0.15, 0.2) is 78.9 Å². The molecule has 1 aromatic heterocycles. The molecule has 0 spiro atoms. The van der Waals surface area contributed by atoms with E-state index in [1.54, 1.807) is 0 Å². The van der Waals surface area contributed by atoms with Crippen molar-refractivity contribution >= 4 is 0 Å². The number of nitrogens with zero attached hydrogens (tertiary/aromatic N) is 1. The lowest BCUT2D eigenvalue weighted by Gasteiger charge is -2.20. The van der Waals surface area contributed by atoms with E-state index in [-0.39, 0.29) is 12.1 Å².